The van der Waals surface area contributed by atoms with E-state index in [4.69, 9.17) is 11.6 Å². The van der Waals surface area contributed by atoms with Crippen LogP contribution in [0.15, 0.2) is 24.3 Å². The van der Waals surface area contributed by atoms with E-state index >= 15 is 0 Å². The number of unbranched alkanes of at least 4 members (excludes halogenated alkanes) is 1. The van der Waals surface area contributed by atoms with Crippen molar-refractivity contribution >= 4 is 22.6 Å². The van der Waals surface area contributed by atoms with Crippen molar-refractivity contribution in [3.05, 3.63) is 30.1 Å². The highest BCUT2D eigenvalue weighted by Gasteiger charge is 2.08. The minimum Gasteiger partial charge on any atom is -0.327 e. The van der Waals surface area contributed by atoms with Crippen LogP contribution in [-0.4, -0.2) is 9.55 Å². The number of halogens is 1. The lowest BCUT2D eigenvalue weighted by molar-refractivity contribution is 0.509. The van der Waals surface area contributed by atoms with Crippen molar-refractivity contribution in [3.63, 3.8) is 0 Å². The van der Waals surface area contributed by atoms with E-state index in [1.54, 1.807) is 0 Å². The first-order valence-corrected chi connectivity index (χ1v) is 7.26. The van der Waals surface area contributed by atoms with Crippen LogP contribution in [0, 0.1) is 5.92 Å². The highest BCUT2D eigenvalue weighted by atomic mass is 35.5. The lowest BCUT2D eigenvalue weighted by Gasteiger charge is -2.08. The third kappa shape index (κ3) is 3.05. The van der Waals surface area contributed by atoms with Crippen molar-refractivity contribution in [2.75, 3.05) is 0 Å². The molecule has 0 radical (unpaired) electrons. The molecule has 0 saturated heterocycles. The van der Waals surface area contributed by atoms with Gasteiger partial charge in [0.1, 0.15) is 5.82 Å². The van der Waals surface area contributed by atoms with Gasteiger partial charge in [0.15, 0.2) is 0 Å². The van der Waals surface area contributed by atoms with Crippen LogP contribution in [-0.2, 0) is 12.4 Å². The molecule has 0 saturated carbocycles. The third-order valence-electron chi connectivity index (χ3n) is 3.27. The van der Waals surface area contributed by atoms with E-state index in [2.05, 4.69) is 41.6 Å². The van der Waals surface area contributed by atoms with Gasteiger partial charge >= 0.3 is 0 Å². The molecule has 0 aliphatic heterocycles. The molecule has 0 spiro atoms. The lowest BCUT2D eigenvalue weighted by atomic mass is 10.1. The van der Waals surface area contributed by atoms with Crippen LogP contribution in [0.5, 0.6) is 0 Å². The smallest absolute Gasteiger partial charge is 0.124 e. The largest absolute Gasteiger partial charge is 0.327 e. The van der Waals surface area contributed by atoms with E-state index < -0.39 is 0 Å². The van der Waals surface area contributed by atoms with E-state index in [9.17, 15) is 0 Å². The molecule has 3 heteroatoms. The third-order valence-corrected chi connectivity index (χ3v) is 3.51. The van der Waals surface area contributed by atoms with Gasteiger partial charge in [-0.1, -0.05) is 38.8 Å². The van der Waals surface area contributed by atoms with Crippen molar-refractivity contribution in [1.29, 1.82) is 0 Å². The number of benzene rings is 1. The second kappa shape index (κ2) is 6.24. The predicted molar refractivity (Wildman–Crippen MR) is 78.0 cm³/mol. The maximum atomic E-state index is 5.98. The molecular weight excluding hydrogens is 244 g/mol. The van der Waals surface area contributed by atoms with Gasteiger partial charge in [-0.2, -0.15) is 0 Å². The second-order valence-electron chi connectivity index (χ2n) is 5.19. The Morgan fingerprint density at radius 1 is 1.22 bits per heavy atom. The summed E-state index contributed by atoms with van der Waals surface area (Å²) in [6.07, 6.45) is 3.76. The Hall–Kier alpha value is -1.02. The Morgan fingerprint density at radius 3 is 2.72 bits per heavy atom. The number of rotatable bonds is 6. The summed E-state index contributed by atoms with van der Waals surface area (Å²) in [5.41, 5.74) is 2.26. The fourth-order valence-electron chi connectivity index (χ4n) is 2.30. The molecule has 18 heavy (non-hydrogen) atoms. The number of aromatic nitrogens is 2. The molecule has 1 aromatic heterocycles. The predicted octanol–water partition coefficient (Wildman–Crippen LogP) is 4.60. The van der Waals surface area contributed by atoms with Crippen molar-refractivity contribution < 1.29 is 0 Å². The molecule has 0 aliphatic rings. The zero-order chi connectivity index (χ0) is 13.0. The maximum Gasteiger partial charge on any atom is 0.124 e. The van der Waals surface area contributed by atoms with Gasteiger partial charge in [0.2, 0.25) is 0 Å². The van der Waals surface area contributed by atoms with Crippen LogP contribution < -0.4 is 0 Å². The van der Waals surface area contributed by atoms with Crippen LogP contribution >= 0.6 is 11.6 Å². The van der Waals surface area contributed by atoms with E-state index in [1.807, 2.05) is 6.07 Å². The average molecular weight is 265 g/mol. The van der Waals surface area contributed by atoms with E-state index in [0.29, 0.717) is 5.88 Å². The molecule has 2 nitrogen and oxygen atoms in total. The zero-order valence-corrected chi connectivity index (χ0v) is 12.0. The van der Waals surface area contributed by atoms with E-state index in [-0.39, 0.29) is 0 Å². The first kappa shape index (κ1) is 13.4. The molecule has 98 valence electrons. The fraction of sp³-hybridized carbons (Fsp3) is 0.533. The Kier molecular flexibility index (Phi) is 4.65. The quantitative estimate of drug-likeness (QED) is 0.551. The number of hydrogen-bond donors (Lipinski definition) is 0. The first-order valence-electron chi connectivity index (χ1n) is 6.72. The number of imidazole rings is 1. The number of nitrogens with zero attached hydrogens (tertiary/aromatic N) is 2. The standard InChI is InChI=1S/C15H21ClN2/c1-12(2)7-5-6-10-18-14-9-4-3-8-13(14)17-15(18)11-16/h3-4,8-9,12H,5-7,10-11H2,1-2H3. The molecule has 0 bridgehead atoms. The number of hydrogen-bond acceptors (Lipinski definition) is 1. The first-order chi connectivity index (χ1) is 8.72. The monoisotopic (exact) mass is 264 g/mol. The van der Waals surface area contributed by atoms with Gasteiger partial charge in [0.05, 0.1) is 16.9 Å². The average Bonchev–Trinajstić information content (AvgIpc) is 2.72. The molecule has 1 heterocycles. The summed E-state index contributed by atoms with van der Waals surface area (Å²) >= 11 is 5.98. The molecule has 2 rings (SSSR count). The second-order valence-corrected chi connectivity index (χ2v) is 5.46. The number of para-hydroxylation sites is 2. The van der Waals surface area contributed by atoms with Crippen LogP contribution in [0.3, 0.4) is 0 Å². The Bertz CT molecular complexity index is 502. The van der Waals surface area contributed by atoms with Gasteiger partial charge < -0.3 is 4.57 Å². The van der Waals surface area contributed by atoms with E-state index in [1.165, 1.54) is 24.8 Å². The zero-order valence-electron chi connectivity index (χ0n) is 11.2. The van der Waals surface area contributed by atoms with Gasteiger partial charge in [-0.3, -0.25) is 0 Å². The van der Waals surface area contributed by atoms with Crippen LogP contribution in [0.1, 0.15) is 38.9 Å². The van der Waals surface area contributed by atoms with Crippen molar-refractivity contribution in [2.24, 2.45) is 5.92 Å². The van der Waals surface area contributed by atoms with Gasteiger partial charge in [-0.15, -0.1) is 11.6 Å². The molecule has 0 aliphatic carbocycles. The molecule has 0 fully saturated rings. The van der Waals surface area contributed by atoms with Crippen molar-refractivity contribution in [3.8, 4) is 0 Å². The SMILES string of the molecule is CC(C)CCCCn1c(CCl)nc2ccccc21. The maximum absolute atomic E-state index is 5.98. The molecular formula is C15H21ClN2. The van der Waals surface area contributed by atoms with Gasteiger partial charge in [0.25, 0.3) is 0 Å². The van der Waals surface area contributed by atoms with Crippen LogP contribution in [0.25, 0.3) is 11.0 Å². The highest BCUT2D eigenvalue weighted by molar-refractivity contribution is 6.16. The van der Waals surface area contributed by atoms with Gasteiger partial charge in [-0.05, 0) is 24.5 Å². The highest BCUT2D eigenvalue weighted by Crippen LogP contribution is 2.18. The summed E-state index contributed by atoms with van der Waals surface area (Å²) in [5.74, 6) is 2.26. The Balaban J connectivity index is 2.10. The summed E-state index contributed by atoms with van der Waals surface area (Å²) in [5, 5.41) is 0. The summed E-state index contributed by atoms with van der Waals surface area (Å²) in [4.78, 5) is 4.58. The van der Waals surface area contributed by atoms with Gasteiger partial charge in [-0.25, -0.2) is 4.98 Å². The topological polar surface area (TPSA) is 17.8 Å². The molecule has 0 N–H and O–H groups in total. The molecule has 0 unspecified atom stereocenters. The molecule has 1 aromatic carbocycles. The van der Waals surface area contributed by atoms with Crippen molar-refractivity contribution in [1.82, 2.24) is 9.55 Å². The number of fused-ring (bicyclic) bond motifs is 1. The van der Waals surface area contributed by atoms with Gasteiger partial charge in [0, 0.05) is 6.54 Å². The minimum absolute atomic E-state index is 0.485. The minimum atomic E-state index is 0.485. The van der Waals surface area contributed by atoms with E-state index in [0.717, 1.165) is 23.8 Å². The summed E-state index contributed by atoms with van der Waals surface area (Å²) in [6, 6.07) is 8.26. The Morgan fingerprint density at radius 2 is 2.00 bits per heavy atom. The summed E-state index contributed by atoms with van der Waals surface area (Å²) in [6.45, 7) is 5.57. The summed E-state index contributed by atoms with van der Waals surface area (Å²) < 4.78 is 2.27. The van der Waals surface area contributed by atoms with Crippen LogP contribution in [0.2, 0.25) is 0 Å². The van der Waals surface area contributed by atoms with Crippen LogP contribution in [0.4, 0.5) is 0 Å². The van der Waals surface area contributed by atoms with Crippen molar-refractivity contribution in [2.45, 2.75) is 45.5 Å². The fourth-order valence-corrected chi connectivity index (χ4v) is 2.50. The normalized spacial score (nSPS) is 11.6. The number of aryl methyl sites for hydroxylation is 1. The molecule has 2 aromatic rings. The lowest BCUT2D eigenvalue weighted by Crippen LogP contribution is -2.03. The number of alkyl halides is 1. The summed E-state index contributed by atoms with van der Waals surface area (Å²) in [7, 11) is 0. The molecule has 0 atom stereocenters. The Labute approximate surface area is 114 Å². The molecule has 0 amide bonds.